The van der Waals surface area contributed by atoms with Crippen LogP contribution in [-0.4, -0.2) is 18.6 Å². The summed E-state index contributed by atoms with van der Waals surface area (Å²) in [5.41, 5.74) is 2.18. The minimum Gasteiger partial charge on any atom is -0.491 e. The molecule has 106 valence electrons. The van der Waals surface area contributed by atoms with Crippen LogP contribution in [0.1, 0.15) is 29.2 Å². The molecule has 0 saturated heterocycles. The first-order valence-electron chi connectivity index (χ1n) is 6.80. The second-order valence-electron chi connectivity index (χ2n) is 4.73. The van der Waals surface area contributed by atoms with Gasteiger partial charge in [-0.05, 0) is 25.6 Å². The number of nitrogens with zero attached hydrogens (tertiary/aromatic N) is 1. The molecule has 0 saturated carbocycles. The Hall–Kier alpha value is -1.59. The molecule has 0 spiro atoms. The average Bonchev–Trinajstić information content (AvgIpc) is 3.10. The Labute approximate surface area is 122 Å². The van der Waals surface area contributed by atoms with Crippen molar-refractivity contribution in [2.45, 2.75) is 26.0 Å². The lowest BCUT2D eigenvalue weighted by Crippen LogP contribution is -2.17. The third-order valence-electron chi connectivity index (χ3n) is 3.40. The van der Waals surface area contributed by atoms with Crippen molar-refractivity contribution < 1.29 is 9.47 Å². The third kappa shape index (κ3) is 2.64. The number of rotatable bonds is 5. The molecule has 0 fully saturated rings. The quantitative estimate of drug-likeness (QED) is 0.919. The Morgan fingerprint density at radius 1 is 1.50 bits per heavy atom. The van der Waals surface area contributed by atoms with Gasteiger partial charge < -0.3 is 14.8 Å². The molecule has 2 aromatic rings. The molecule has 2 heterocycles. The van der Waals surface area contributed by atoms with E-state index < -0.39 is 0 Å². The van der Waals surface area contributed by atoms with Gasteiger partial charge in [-0.1, -0.05) is 6.92 Å². The Bertz CT molecular complexity index is 597. The van der Waals surface area contributed by atoms with Crippen LogP contribution in [0.2, 0.25) is 0 Å². The molecule has 4 nitrogen and oxygen atoms in total. The van der Waals surface area contributed by atoms with Crippen molar-refractivity contribution in [1.82, 2.24) is 10.3 Å². The van der Waals surface area contributed by atoms with E-state index in [9.17, 15) is 0 Å². The Morgan fingerprint density at radius 2 is 2.40 bits per heavy atom. The largest absolute Gasteiger partial charge is 0.491 e. The van der Waals surface area contributed by atoms with Gasteiger partial charge in [-0.25, -0.2) is 4.98 Å². The van der Waals surface area contributed by atoms with Crippen LogP contribution in [0.5, 0.6) is 11.5 Å². The summed E-state index contributed by atoms with van der Waals surface area (Å²) < 4.78 is 11.4. The molecular weight excluding hydrogens is 272 g/mol. The molecule has 1 atom stereocenters. The fourth-order valence-corrected chi connectivity index (χ4v) is 2.98. The first-order valence-corrected chi connectivity index (χ1v) is 7.68. The molecule has 0 amide bonds. The monoisotopic (exact) mass is 290 g/mol. The second kappa shape index (κ2) is 5.81. The lowest BCUT2D eigenvalue weighted by Gasteiger charge is -2.08. The highest BCUT2D eigenvalue weighted by molar-refractivity contribution is 7.09. The summed E-state index contributed by atoms with van der Waals surface area (Å²) in [6.07, 6.45) is 0.975. The number of fused-ring (bicyclic) bond motifs is 1. The minimum atomic E-state index is 0.282. The molecule has 1 aliphatic rings. The third-order valence-corrected chi connectivity index (χ3v) is 4.44. The van der Waals surface area contributed by atoms with Crippen LogP contribution in [-0.2, 0) is 13.0 Å². The SMILES string of the molecule is CCc1nc(COc2ccc3c(c2)OCC3NC)cs1. The fraction of sp³-hybridized carbons (Fsp3) is 0.400. The van der Waals surface area contributed by atoms with Crippen molar-refractivity contribution in [3.05, 3.63) is 39.8 Å². The molecule has 0 radical (unpaired) electrons. The zero-order valence-corrected chi connectivity index (χ0v) is 12.5. The molecule has 1 unspecified atom stereocenters. The van der Waals surface area contributed by atoms with Gasteiger partial charge in [0.1, 0.15) is 24.7 Å². The predicted octanol–water partition coefficient (Wildman–Crippen LogP) is 2.94. The van der Waals surface area contributed by atoms with Crippen molar-refractivity contribution in [3.8, 4) is 11.5 Å². The number of nitrogens with one attached hydrogen (secondary N) is 1. The van der Waals surface area contributed by atoms with Crippen LogP contribution < -0.4 is 14.8 Å². The van der Waals surface area contributed by atoms with Crippen LogP contribution in [0, 0.1) is 0 Å². The van der Waals surface area contributed by atoms with Crippen LogP contribution in [0.15, 0.2) is 23.6 Å². The highest BCUT2D eigenvalue weighted by Gasteiger charge is 2.22. The number of benzene rings is 1. The fourth-order valence-electron chi connectivity index (χ4n) is 2.25. The van der Waals surface area contributed by atoms with Crippen LogP contribution in [0.4, 0.5) is 0 Å². The first-order chi connectivity index (χ1) is 9.80. The number of thiazole rings is 1. The van der Waals surface area contributed by atoms with Gasteiger partial charge in [0.15, 0.2) is 0 Å². The zero-order valence-electron chi connectivity index (χ0n) is 11.7. The van der Waals surface area contributed by atoms with Gasteiger partial charge in [0.05, 0.1) is 16.7 Å². The summed E-state index contributed by atoms with van der Waals surface area (Å²) in [6, 6.07) is 6.30. The lowest BCUT2D eigenvalue weighted by atomic mass is 10.1. The molecule has 20 heavy (non-hydrogen) atoms. The standard InChI is InChI=1S/C15H18N2O2S/c1-3-15-17-10(9-20-15)7-18-11-4-5-12-13(16-2)8-19-14(12)6-11/h4-6,9,13,16H,3,7-8H2,1-2H3. The van der Waals surface area contributed by atoms with E-state index in [1.165, 1.54) is 5.56 Å². The lowest BCUT2D eigenvalue weighted by molar-refractivity contribution is 0.295. The average molecular weight is 290 g/mol. The van der Waals surface area contributed by atoms with Gasteiger partial charge in [0, 0.05) is 17.0 Å². The highest BCUT2D eigenvalue weighted by Crippen LogP contribution is 2.35. The van der Waals surface area contributed by atoms with E-state index in [0.717, 1.165) is 28.6 Å². The van der Waals surface area contributed by atoms with E-state index in [4.69, 9.17) is 9.47 Å². The van der Waals surface area contributed by atoms with Crippen molar-refractivity contribution in [3.63, 3.8) is 0 Å². The maximum atomic E-state index is 5.79. The summed E-state index contributed by atoms with van der Waals surface area (Å²) in [5.74, 6) is 1.74. The van der Waals surface area contributed by atoms with E-state index in [1.54, 1.807) is 11.3 Å². The highest BCUT2D eigenvalue weighted by atomic mass is 32.1. The molecule has 0 bridgehead atoms. The predicted molar refractivity (Wildman–Crippen MR) is 79.6 cm³/mol. The summed E-state index contributed by atoms with van der Waals surface area (Å²) in [4.78, 5) is 4.49. The summed E-state index contributed by atoms with van der Waals surface area (Å²) >= 11 is 1.68. The minimum absolute atomic E-state index is 0.282. The molecule has 5 heteroatoms. The molecule has 1 aromatic carbocycles. The molecule has 1 aromatic heterocycles. The van der Waals surface area contributed by atoms with Gasteiger partial charge >= 0.3 is 0 Å². The zero-order chi connectivity index (χ0) is 13.9. The summed E-state index contributed by atoms with van der Waals surface area (Å²) in [5, 5.41) is 6.44. The first kappa shape index (κ1) is 13.4. The van der Waals surface area contributed by atoms with Crippen molar-refractivity contribution >= 4 is 11.3 Å². The molecule has 1 aliphatic heterocycles. The number of aryl methyl sites for hydroxylation is 1. The normalized spacial score (nSPS) is 16.8. The van der Waals surface area contributed by atoms with E-state index in [0.29, 0.717) is 13.2 Å². The topological polar surface area (TPSA) is 43.4 Å². The van der Waals surface area contributed by atoms with Crippen molar-refractivity contribution in [2.75, 3.05) is 13.7 Å². The second-order valence-corrected chi connectivity index (χ2v) is 5.67. The maximum Gasteiger partial charge on any atom is 0.131 e. The van der Waals surface area contributed by atoms with Crippen LogP contribution >= 0.6 is 11.3 Å². The van der Waals surface area contributed by atoms with Gasteiger partial charge in [0.25, 0.3) is 0 Å². The molecule has 1 N–H and O–H groups in total. The number of likely N-dealkylation sites (N-methyl/N-ethyl adjacent to an activating group) is 1. The van der Waals surface area contributed by atoms with Gasteiger partial charge in [-0.3, -0.25) is 0 Å². The van der Waals surface area contributed by atoms with Gasteiger partial charge in [-0.15, -0.1) is 11.3 Å². The number of hydrogen-bond acceptors (Lipinski definition) is 5. The smallest absolute Gasteiger partial charge is 0.131 e. The van der Waals surface area contributed by atoms with Crippen LogP contribution in [0.3, 0.4) is 0 Å². The Morgan fingerprint density at radius 3 is 3.15 bits per heavy atom. The molecular formula is C15H18N2O2S. The van der Waals surface area contributed by atoms with E-state index in [2.05, 4.69) is 28.7 Å². The number of aromatic nitrogens is 1. The Kier molecular flexibility index (Phi) is 3.89. The van der Waals surface area contributed by atoms with Crippen molar-refractivity contribution in [2.24, 2.45) is 0 Å². The maximum absolute atomic E-state index is 5.79. The molecule has 3 rings (SSSR count). The van der Waals surface area contributed by atoms with E-state index in [-0.39, 0.29) is 6.04 Å². The summed E-state index contributed by atoms with van der Waals surface area (Å²) in [6.45, 7) is 3.30. The van der Waals surface area contributed by atoms with Crippen molar-refractivity contribution in [1.29, 1.82) is 0 Å². The van der Waals surface area contributed by atoms with E-state index >= 15 is 0 Å². The number of hydrogen-bond donors (Lipinski definition) is 1. The van der Waals surface area contributed by atoms with E-state index in [1.807, 2.05) is 19.2 Å². The Balaban J connectivity index is 1.67. The molecule has 0 aliphatic carbocycles. The number of ether oxygens (including phenoxy) is 2. The summed E-state index contributed by atoms with van der Waals surface area (Å²) in [7, 11) is 1.95. The van der Waals surface area contributed by atoms with Crippen LogP contribution in [0.25, 0.3) is 0 Å². The van der Waals surface area contributed by atoms with Gasteiger partial charge in [-0.2, -0.15) is 0 Å². The van der Waals surface area contributed by atoms with Gasteiger partial charge in [0.2, 0.25) is 0 Å².